The summed E-state index contributed by atoms with van der Waals surface area (Å²) in [5, 5.41) is 5.50. The van der Waals surface area contributed by atoms with E-state index in [0.29, 0.717) is 11.7 Å². The number of likely N-dealkylation sites (tertiary alicyclic amines) is 1. The lowest BCUT2D eigenvalue weighted by Gasteiger charge is -2.29. The van der Waals surface area contributed by atoms with Crippen LogP contribution in [0.1, 0.15) is 25.5 Å². The number of rotatable bonds is 3. The van der Waals surface area contributed by atoms with Gasteiger partial charge in [0.05, 0.1) is 12.2 Å². The van der Waals surface area contributed by atoms with Crippen LogP contribution in [0.4, 0.5) is 5.13 Å². The molecule has 0 radical (unpaired) electrons. The van der Waals surface area contributed by atoms with Gasteiger partial charge in [-0.1, -0.05) is 6.92 Å². The summed E-state index contributed by atoms with van der Waals surface area (Å²) in [6.45, 7) is 6.76. The maximum Gasteiger partial charge on any atom is 0.240 e. The number of aromatic nitrogens is 1. The average molecular weight is 253 g/mol. The van der Waals surface area contributed by atoms with Gasteiger partial charge in [-0.2, -0.15) is 0 Å². The molecular formula is C12H19N3OS. The van der Waals surface area contributed by atoms with E-state index in [1.165, 1.54) is 24.2 Å². The van der Waals surface area contributed by atoms with Crippen molar-refractivity contribution in [2.45, 2.75) is 26.7 Å². The zero-order valence-corrected chi connectivity index (χ0v) is 11.2. The molecule has 0 saturated carbocycles. The molecule has 5 heteroatoms. The molecule has 0 aromatic carbocycles. The van der Waals surface area contributed by atoms with Crippen molar-refractivity contribution in [3.63, 3.8) is 0 Å². The molecule has 1 aromatic heterocycles. The van der Waals surface area contributed by atoms with Crippen molar-refractivity contribution in [2.24, 2.45) is 5.92 Å². The Labute approximate surface area is 106 Å². The fourth-order valence-corrected chi connectivity index (χ4v) is 2.70. The highest BCUT2D eigenvalue weighted by Gasteiger charge is 2.18. The van der Waals surface area contributed by atoms with Crippen molar-refractivity contribution >= 4 is 22.4 Å². The first kappa shape index (κ1) is 12.5. The summed E-state index contributed by atoms with van der Waals surface area (Å²) in [5.41, 5.74) is 0.956. The minimum Gasteiger partial charge on any atom is -0.301 e. The fourth-order valence-electron chi connectivity index (χ4n) is 1.99. The molecule has 0 spiro atoms. The van der Waals surface area contributed by atoms with Crippen LogP contribution in [-0.2, 0) is 4.79 Å². The number of piperidine rings is 1. The summed E-state index contributed by atoms with van der Waals surface area (Å²) >= 11 is 1.48. The van der Waals surface area contributed by atoms with Crippen LogP contribution < -0.4 is 5.32 Å². The summed E-state index contributed by atoms with van der Waals surface area (Å²) < 4.78 is 0. The molecule has 17 heavy (non-hydrogen) atoms. The monoisotopic (exact) mass is 253 g/mol. The van der Waals surface area contributed by atoms with Crippen LogP contribution in [0, 0.1) is 12.8 Å². The largest absolute Gasteiger partial charge is 0.301 e. The zero-order chi connectivity index (χ0) is 12.3. The van der Waals surface area contributed by atoms with Gasteiger partial charge in [-0.15, -0.1) is 11.3 Å². The Morgan fingerprint density at radius 2 is 2.29 bits per heavy atom. The van der Waals surface area contributed by atoms with Crippen molar-refractivity contribution in [2.75, 3.05) is 25.0 Å². The maximum atomic E-state index is 11.8. The molecule has 1 N–H and O–H groups in total. The standard InChI is InChI=1S/C12H19N3OS/c1-9-3-5-15(6-4-9)7-11(16)14-12-13-10(2)8-17-12/h8-9H,3-7H2,1-2H3,(H,13,14,16). The predicted octanol–water partition coefficient (Wildman–Crippen LogP) is 2.12. The van der Waals surface area contributed by atoms with Gasteiger partial charge in [-0.3, -0.25) is 9.69 Å². The second-order valence-electron chi connectivity index (χ2n) is 4.80. The SMILES string of the molecule is Cc1csc(NC(=O)CN2CCC(C)CC2)n1. The quantitative estimate of drug-likeness (QED) is 0.897. The van der Waals surface area contributed by atoms with Gasteiger partial charge < -0.3 is 5.32 Å². The van der Waals surface area contributed by atoms with E-state index in [0.717, 1.165) is 24.7 Å². The third-order valence-corrected chi connectivity index (χ3v) is 3.98. The number of thiazole rings is 1. The first-order valence-electron chi connectivity index (χ1n) is 6.08. The number of anilines is 1. The Balaban J connectivity index is 1.77. The Morgan fingerprint density at radius 1 is 1.59 bits per heavy atom. The van der Waals surface area contributed by atoms with Crippen LogP contribution >= 0.6 is 11.3 Å². The molecule has 1 aliphatic rings. The zero-order valence-electron chi connectivity index (χ0n) is 10.4. The smallest absolute Gasteiger partial charge is 0.240 e. The van der Waals surface area contributed by atoms with Crippen LogP contribution in [0.2, 0.25) is 0 Å². The average Bonchev–Trinajstić information content (AvgIpc) is 2.67. The number of hydrogen-bond donors (Lipinski definition) is 1. The second kappa shape index (κ2) is 5.60. The normalized spacial score (nSPS) is 18.2. The van der Waals surface area contributed by atoms with Crippen LogP contribution in [0.15, 0.2) is 5.38 Å². The first-order valence-corrected chi connectivity index (χ1v) is 6.96. The number of hydrogen-bond acceptors (Lipinski definition) is 4. The van der Waals surface area contributed by atoms with Crippen LogP contribution in [0.25, 0.3) is 0 Å². The highest BCUT2D eigenvalue weighted by molar-refractivity contribution is 7.13. The van der Waals surface area contributed by atoms with Crippen LogP contribution in [-0.4, -0.2) is 35.4 Å². The van der Waals surface area contributed by atoms with Gasteiger partial charge in [0, 0.05) is 5.38 Å². The lowest BCUT2D eigenvalue weighted by Crippen LogP contribution is -2.38. The van der Waals surface area contributed by atoms with E-state index in [1.54, 1.807) is 0 Å². The van der Waals surface area contributed by atoms with Crippen LogP contribution in [0.5, 0.6) is 0 Å². The molecule has 0 aliphatic carbocycles. The summed E-state index contributed by atoms with van der Waals surface area (Å²) in [7, 11) is 0. The molecule has 4 nitrogen and oxygen atoms in total. The molecule has 0 bridgehead atoms. The number of carbonyl (C=O) groups excluding carboxylic acids is 1. The molecular weight excluding hydrogens is 234 g/mol. The summed E-state index contributed by atoms with van der Waals surface area (Å²) in [6, 6.07) is 0. The Bertz CT molecular complexity index is 383. The molecule has 1 amide bonds. The first-order chi connectivity index (χ1) is 8.13. The third-order valence-electron chi connectivity index (χ3n) is 3.11. The number of carbonyl (C=O) groups is 1. The van der Waals surface area contributed by atoms with Gasteiger partial charge in [0.25, 0.3) is 0 Å². The second-order valence-corrected chi connectivity index (χ2v) is 5.66. The number of nitrogens with zero attached hydrogens (tertiary/aromatic N) is 2. The Hall–Kier alpha value is -0.940. The van der Waals surface area contributed by atoms with E-state index in [9.17, 15) is 4.79 Å². The summed E-state index contributed by atoms with van der Waals surface area (Å²) in [5.74, 6) is 0.852. The number of amides is 1. The van der Waals surface area contributed by atoms with Gasteiger partial charge in [0.2, 0.25) is 5.91 Å². The molecule has 1 fully saturated rings. The summed E-state index contributed by atoms with van der Waals surface area (Å²) in [4.78, 5) is 18.2. The van der Waals surface area contributed by atoms with Gasteiger partial charge in [-0.05, 0) is 38.8 Å². The predicted molar refractivity (Wildman–Crippen MR) is 70.3 cm³/mol. The van der Waals surface area contributed by atoms with Crippen molar-refractivity contribution in [3.05, 3.63) is 11.1 Å². The molecule has 0 atom stereocenters. The van der Waals surface area contributed by atoms with Gasteiger partial charge in [0.1, 0.15) is 0 Å². The van der Waals surface area contributed by atoms with Gasteiger partial charge >= 0.3 is 0 Å². The van der Waals surface area contributed by atoms with Crippen molar-refractivity contribution in [3.8, 4) is 0 Å². The highest BCUT2D eigenvalue weighted by atomic mass is 32.1. The molecule has 2 heterocycles. The molecule has 1 saturated heterocycles. The number of nitrogens with one attached hydrogen (secondary N) is 1. The van der Waals surface area contributed by atoms with E-state index >= 15 is 0 Å². The summed E-state index contributed by atoms with van der Waals surface area (Å²) in [6.07, 6.45) is 2.40. The Morgan fingerprint density at radius 3 is 2.88 bits per heavy atom. The minimum atomic E-state index is 0.0499. The Kier molecular flexibility index (Phi) is 4.12. The number of aryl methyl sites for hydroxylation is 1. The van der Waals surface area contributed by atoms with Crippen LogP contribution in [0.3, 0.4) is 0 Å². The molecule has 0 unspecified atom stereocenters. The van der Waals surface area contributed by atoms with Crippen molar-refractivity contribution in [1.82, 2.24) is 9.88 Å². The van der Waals surface area contributed by atoms with Crippen molar-refractivity contribution in [1.29, 1.82) is 0 Å². The maximum absolute atomic E-state index is 11.8. The van der Waals surface area contributed by atoms with E-state index in [1.807, 2.05) is 12.3 Å². The molecule has 2 rings (SSSR count). The molecule has 1 aliphatic heterocycles. The van der Waals surface area contributed by atoms with E-state index in [-0.39, 0.29) is 5.91 Å². The van der Waals surface area contributed by atoms with Crippen molar-refractivity contribution < 1.29 is 4.79 Å². The van der Waals surface area contributed by atoms with E-state index in [2.05, 4.69) is 22.1 Å². The molecule has 94 valence electrons. The lowest BCUT2D eigenvalue weighted by atomic mass is 9.99. The van der Waals surface area contributed by atoms with Gasteiger partial charge in [-0.25, -0.2) is 4.98 Å². The third kappa shape index (κ3) is 3.78. The minimum absolute atomic E-state index is 0.0499. The fraction of sp³-hybridized carbons (Fsp3) is 0.667. The van der Waals surface area contributed by atoms with E-state index < -0.39 is 0 Å². The highest BCUT2D eigenvalue weighted by Crippen LogP contribution is 2.17. The van der Waals surface area contributed by atoms with Gasteiger partial charge in [0.15, 0.2) is 5.13 Å². The lowest BCUT2D eigenvalue weighted by molar-refractivity contribution is -0.117. The topological polar surface area (TPSA) is 45.2 Å². The molecule has 1 aromatic rings. The van der Waals surface area contributed by atoms with E-state index in [4.69, 9.17) is 0 Å².